The van der Waals surface area contributed by atoms with Crippen LogP contribution in [0.15, 0.2) is 36.4 Å². The van der Waals surface area contributed by atoms with Crippen LogP contribution in [0, 0.1) is 19.3 Å². The first kappa shape index (κ1) is 24.1. The van der Waals surface area contributed by atoms with Crippen molar-refractivity contribution in [3.63, 3.8) is 0 Å². The molecule has 0 saturated carbocycles. The zero-order valence-electron chi connectivity index (χ0n) is 20.0. The van der Waals surface area contributed by atoms with Gasteiger partial charge in [-0.25, -0.2) is 15.0 Å². The number of carboxylic acids is 1. The van der Waals surface area contributed by atoms with E-state index >= 15 is 0 Å². The van der Waals surface area contributed by atoms with E-state index in [0.29, 0.717) is 35.9 Å². The van der Waals surface area contributed by atoms with E-state index in [1.54, 1.807) is 18.2 Å². The number of carboxylic acid groups (broad SMARTS) is 1. The van der Waals surface area contributed by atoms with Crippen molar-refractivity contribution in [3.05, 3.63) is 70.4 Å². The van der Waals surface area contributed by atoms with Crippen molar-refractivity contribution in [1.29, 1.82) is 5.41 Å². The summed E-state index contributed by atoms with van der Waals surface area (Å²) in [7, 11) is 0. The van der Waals surface area contributed by atoms with E-state index in [1.807, 2.05) is 26.0 Å². The zero-order chi connectivity index (χ0) is 24.8. The maximum absolute atomic E-state index is 11.5. The molecule has 0 bridgehead atoms. The number of fused-ring (bicyclic) bond motifs is 1. The van der Waals surface area contributed by atoms with E-state index in [1.165, 1.54) is 11.8 Å². The smallest absolute Gasteiger partial charge is 0.305 e. The van der Waals surface area contributed by atoms with Crippen LogP contribution >= 0.6 is 0 Å². The summed E-state index contributed by atoms with van der Waals surface area (Å²) in [6, 6.07) is 10.7. The summed E-state index contributed by atoms with van der Waals surface area (Å²) in [4.78, 5) is 25.0. The van der Waals surface area contributed by atoms with Crippen LogP contribution in [0.5, 0.6) is 5.75 Å². The van der Waals surface area contributed by atoms with Crippen molar-refractivity contribution in [2.24, 2.45) is 0 Å². The number of nitrogens with zero attached hydrogens (tertiary/aromatic N) is 3. The minimum absolute atomic E-state index is 0.193. The van der Waals surface area contributed by atoms with Crippen LogP contribution < -0.4 is 15.4 Å². The molecule has 3 aromatic rings. The molecule has 0 amide bonds. The van der Waals surface area contributed by atoms with Gasteiger partial charge in [0.05, 0.1) is 19.1 Å². The van der Waals surface area contributed by atoms with Crippen LogP contribution in [-0.4, -0.2) is 45.4 Å². The summed E-state index contributed by atoms with van der Waals surface area (Å²) in [5.41, 5.74) is 4.96. The van der Waals surface area contributed by atoms with E-state index in [9.17, 15) is 9.90 Å². The van der Waals surface area contributed by atoms with Gasteiger partial charge in [-0.1, -0.05) is 6.07 Å². The maximum Gasteiger partial charge on any atom is 0.305 e. The molecule has 1 aliphatic rings. The predicted octanol–water partition coefficient (Wildman–Crippen LogP) is 4.09. The van der Waals surface area contributed by atoms with Crippen molar-refractivity contribution in [3.8, 4) is 5.75 Å². The average Bonchev–Trinajstić information content (AvgIpc) is 2.83. The fraction of sp³-hybridized carbons (Fsp3) is 0.346. The van der Waals surface area contributed by atoms with Gasteiger partial charge in [-0.3, -0.25) is 4.79 Å². The number of nitrogens with one attached hydrogen (secondary N) is 3. The third-order valence-corrected chi connectivity index (χ3v) is 5.78. The van der Waals surface area contributed by atoms with Gasteiger partial charge >= 0.3 is 5.97 Å². The first-order valence-electron chi connectivity index (χ1n) is 11.7. The second kappa shape index (κ2) is 10.9. The predicted molar refractivity (Wildman–Crippen MR) is 135 cm³/mol. The van der Waals surface area contributed by atoms with Crippen LogP contribution in [-0.2, 0) is 17.6 Å². The SMILES string of the molecule is Cc1cc(C)nc(C(CC(=O)O)Nc2ccc(OCCc3ccc4c(n3)NCCC4)cc2C=N)n1. The third kappa shape index (κ3) is 6.32. The van der Waals surface area contributed by atoms with Crippen molar-refractivity contribution >= 4 is 23.7 Å². The highest BCUT2D eigenvalue weighted by atomic mass is 16.5. The topological polar surface area (TPSA) is 133 Å². The number of benzene rings is 1. The lowest BCUT2D eigenvalue weighted by molar-refractivity contribution is -0.137. The van der Waals surface area contributed by atoms with E-state index in [2.05, 4.69) is 26.7 Å². The number of rotatable bonds is 10. The molecule has 9 nitrogen and oxygen atoms in total. The van der Waals surface area contributed by atoms with Crippen molar-refractivity contribution in [2.75, 3.05) is 23.8 Å². The lowest BCUT2D eigenvalue weighted by Gasteiger charge is -2.20. The molecule has 1 atom stereocenters. The van der Waals surface area contributed by atoms with Gasteiger partial charge in [-0.2, -0.15) is 0 Å². The van der Waals surface area contributed by atoms with E-state index in [0.717, 1.165) is 42.3 Å². The van der Waals surface area contributed by atoms with Gasteiger partial charge in [-0.15, -0.1) is 0 Å². The molecule has 182 valence electrons. The summed E-state index contributed by atoms with van der Waals surface area (Å²) in [6.07, 6.45) is 3.88. The molecule has 35 heavy (non-hydrogen) atoms. The van der Waals surface area contributed by atoms with Crippen LogP contribution in [0.2, 0.25) is 0 Å². The highest BCUT2D eigenvalue weighted by molar-refractivity contribution is 5.86. The molecule has 1 unspecified atom stereocenters. The Morgan fingerprint density at radius 1 is 1.20 bits per heavy atom. The molecule has 2 aromatic heterocycles. The summed E-state index contributed by atoms with van der Waals surface area (Å²) >= 11 is 0. The number of aliphatic carboxylic acids is 1. The number of hydrogen-bond acceptors (Lipinski definition) is 8. The zero-order valence-corrected chi connectivity index (χ0v) is 20.0. The van der Waals surface area contributed by atoms with Crippen LogP contribution in [0.3, 0.4) is 0 Å². The largest absolute Gasteiger partial charge is 0.493 e. The van der Waals surface area contributed by atoms with E-state index in [-0.39, 0.29) is 6.42 Å². The quantitative estimate of drug-likeness (QED) is 0.323. The highest BCUT2D eigenvalue weighted by Crippen LogP contribution is 2.27. The monoisotopic (exact) mass is 474 g/mol. The molecule has 9 heteroatoms. The molecule has 0 aliphatic carbocycles. The molecule has 3 heterocycles. The number of hydrogen-bond donors (Lipinski definition) is 4. The molecule has 4 N–H and O–H groups in total. The van der Waals surface area contributed by atoms with Crippen molar-refractivity contribution in [2.45, 2.75) is 45.6 Å². The van der Waals surface area contributed by atoms with Crippen LogP contribution in [0.1, 0.15) is 52.9 Å². The Kier molecular flexibility index (Phi) is 7.54. The lowest BCUT2D eigenvalue weighted by Crippen LogP contribution is -2.19. The second-order valence-corrected chi connectivity index (χ2v) is 8.64. The summed E-state index contributed by atoms with van der Waals surface area (Å²) < 4.78 is 5.93. The second-order valence-electron chi connectivity index (χ2n) is 8.64. The molecule has 4 rings (SSSR count). The standard InChI is InChI=1S/C26H30N6O3/c1-16-12-17(2)30-26(29-16)23(14-24(33)34)32-22-8-7-21(13-19(22)15-27)35-11-9-20-6-5-18-4-3-10-28-25(18)31-20/h5-8,12-13,15,23,27,32H,3-4,9-11,14H2,1-2H3,(H,28,31)(H,33,34). The molecule has 0 saturated heterocycles. The van der Waals surface area contributed by atoms with Gasteiger partial charge in [0.1, 0.15) is 11.6 Å². The summed E-state index contributed by atoms with van der Waals surface area (Å²) in [6.45, 7) is 5.10. The highest BCUT2D eigenvalue weighted by Gasteiger charge is 2.20. The fourth-order valence-electron chi connectivity index (χ4n) is 4.14. The number of carbonyl (C=O) groups is 1. The molecular formula is C26H30N6O3. The number of ether oxygens (including phenoxy) is 1. The normalized spacial score (nSPS) is 13.3. The first-order chi connectivity index (χ1) is 16.9. The molecule has 1 aromatic carbocycles. The third-order valence-electron chi connectivity index (χ3n) is 5.78. The first-order valence-corrected chi connectivity index (χ1v) is 11.7. The fourth-order valence-corrected chi connectivity index (χ4v) is 4.14. The Bertz CT molecular complexity index is 1210. The summed E-state index contributed by atoms with van der Waals surface area (Å²) in [5, 5.41) is 23.8. The number of aromatic nitrogens is 3. The van der Waals surface area contributed by atoms with Gasteiger partial charge in [0.15, 0.2) is 5.82 Å². The molecule has 0 radical (unpaired) electrons. The molecular weight excluding hydrogens is 444 g/mol. The van der Waals surface area contributed by atoms with Gasteiger partial charge in [0, 0.05) is 47.5 Å². The Balaban J connectivity index is 1.44. The number of anilines is 2. The molecule has 1 aliphatic heterocycles. The van der Waals surface area contributed by atoms with Crippen LogP contribution in [0.25, 0.3) is 0 Å². The Hall–Kier alpha value is -4.01. The Morgan fingerprint density at radius 3 is 2.74 bits per heavy atom. The van der Waals surface area contributed by atoms with Gasteiger partial charge in [0.25, 0.3) is 0 Å². The lowest BCUT2D eigenvalue weighted by atomic mass is 10.1. The molecule has 0 fully saturated rings. The number of aryl methyl sites for hydroxylation is 3. The van der Waals surface area contributed by atoms with Gasteiger partial charge in [0.2, 0.25) is 0 Å². The van der Waals surface area contributed by atoms with Crippen LogP contribution in [0.4, 0.5) is 11.5 Å². The van der Waals surface area contributed by atoms with E-state index < -0.39 is 12.0 Å². The Labute approximate surface area is 204 Å². The minimum Gasteiger partial charge on any atom is -0.493 e. The average molecular weight is 475 g/mol. The van der Waals surface area contributed by atoms with Gasteiger partial charge in [-0.05, 0) is 62.6 Å². The van der Waals surface area contributed by atoms with Crippen molar-refractivity contribution in [1.82, 2.24) is 15.0 Å². The molecule has 0 spiro atoms. The number of pyridine rings is 1. The summed E-state index contributed by atoms with van der Waals surface area (Å²) in [5.74, 6) is 1.04. The minimum atomic E-state index is -0.965. The van der Waals surface area contributed by atoms with Crippen molar-refractivity contribution < 1.29 is 14.6 Å². The maximum atomic E-state index is 11.5. The van der Waals surface area contributed by atoms with Gasteiger partial charge < -0.3 is 25.9 Å². The van der Waals surface area contributed by atoms with E-state index in [4.69, 9.17) is 15.1 Å². The Morgan fingerprint density at radius 2 is 2.00 bits per heavy atom.